The molecule has 1 N–H and O–H groups in total. The zero-order chi connectivity index (χ0) is 37.9. The Kier molecular flexibility index (Phi) is 11.4. The van der Waals surface area contributed by atoms with Crippen molar-refractivity contribution >= 4 is 21.9 Å². The van der Waals surface area contributed by atoms with Gasteiger partial charge in [-0.2, -0.15) is 4.98 Å². The van der Waals surface area contributed by atoms with Crippen LogP contribution in [0.2, 0.25) is 0 Å². The van der Waals surface area contributed by atoms with Gasteiger partial charge in [-0.15, -0.1) is 0 Å². The summed E-state index contributed by atoms with van der Waals surface area (Å²) >= 11 is 0. The first-order chi connectivity index (χ1) is 25.2. The number of nitrogens with one attached hydrogen (secondary N) is 1. The molecular formula is C41H52N6O5S. The van der Waals surface area contributed by atoms with Crippen molar-refractivity contribution < 1.29 is 22.7 Å². The number of amides is 1. The van der Waals surface area contributed by atoms with Crippen LogP contribution >= 0.6 is 0 Å². The van der Waals surface area contributed by atoms with Crippen LogP contribution in [0.3, 0.4) is 0 Å². The van der Waals surface area contributed by atoms with Crippen LogP contribution in [0.4, 0.5) is 5.95 Å². The van der Waals surface area contributed by atoms with Gasteiger partial charge in [0.2, 0.25) is 11.8 Å². The van der Waals surface area contributed by atoms with E-state index in [4.69, 9.17) is 14.5 Å². The summed E-state index contributed by atoms with van der Waals surface area (Å²) in [5, 5.41) is 0. The number of anilines is 1. The Labute approximate surface area is 314 Å². The normalized spacial score (nSPS) is 18.0. The van der Waals surface area contributed by atoms with E-state index in [-0.39, 0.29) is 52.9 Å². The lowest BCUT2D eigenvalue weighted by Crippen LogP contribution is -2.45. The van der Waals surface area contributed by atoms with Gasteiger partial charge in [0.15, 0.2) is 5.75 Å². The highest BCUT2D eigenvalue weighted by atomic mass is 32.2. The molecule has 0 unspecified atom stereocenters. The molecule has 0 saturated heterocycles. The molecule has 1 saturated carbocycles. The number of carbonyl (C=O) groups excluding carboxylic acids is 1. The molecule has 3 heterocycles. The van der Waals surface area contributed by atoms with E-state index in [1.54, 1.807) is 29.4 Å². The average Bonchev–Trinajstić information content (AvgIpc) is 3.10. The maximum absolute atomic E-state index is 14.5. The van der Waals surface area contributed by atoms with Crippen LogP contribution in [0, 0.1) is 25.2 Å². The molecule has 11 nitrogen and oxygen atoms in total. The maximum atomic E-state index is 14.5. The maximum Gasteiger partial charge on any atom is 0.264 e. The van der Waals surface area contributed by atoms with Gasteiger partial charge in [0.05, 0.1) is 41.7 Å². The minimum Gasteiger partial charge on any atom is -0.488 e. The molecule has 4 bridgehead atoms. The number of ether oxygens (including phenoxy) is 2. The number of sulfonamides is 1. The minimum atomic E-state index is -4.21. The molecule has 1 aliphatic carbocycles. The summed E-state index contributed by atoms with van der Waals surface area (Å²) in [5.41, 5.74) is 4.50. The summed E-state index contributed by atoms with van der Waals surface area (Å²) in [6, 6.07) is 11.9. The molecule has 1 atom stereocenters. The van der Waals surface area contributed by atoms with Gasteiger partial charge in [-0.25, -0.2) is 28.1 Å². The minimum absolute atomic E-state index is 0.0444. The van der Waals surface area contributed by atoms with Crippen molar-refractivity contribution in [3.05, 3.63) is 82.9 Å². The number of aromatic nitrogens is 4. The van der Waals surface area contributed by atoms with Gasteiger partial charge >= 0.3 is 0 Å². The zero-order valence-corrected chi connectivity index (χ0v) is 32.8. The van der Waals surface area contributed by atoms with Gasteiger partial charge in [0, 0.05) is 16.7 Å². The zero-order valence-electron chi connectivity index (χ0n) is 32.0. The summed E-state index contributed by atoms with van der Waals surface area (Å²) in [6.07, 6.45) is 10.8. The summed E-state index contributed by atoms with van der Waals surface area (Å²) in [6.45, 7) is 14.3. The van der Waals surface area contributed by atoms with Crippen molar-refractivity contribution in [3.63, 3.8) is 0 Å². The second kappa shape index (κ2) is 15.8. The number of hydrogen-bond acceptors (Lipinski definition) is 9. The van der Waals surface area contributed by atoms with Crippen LogP contribution in [0.1, 0.15) is 106 Å². The van der Waals surface area contributed by atoms with E-state index in [1.807, 2.05) is 20.8 Å². The Morgan fingerprint density at radius 3 is 2.42 bits per heavy atom. The number of carbonyl (C=O) groups is 1. The van der Waals surface area contributed by atoms with Gasteiger partial charge in [0.25, 0.3) is 15.9 Å². The van der Waals surface area contributed by atoms with E-state index in [0.717, 1.165) is 17.5 Å². The number of fused-ring (bicyclic) bond motifs is 4. The summed E-state index contributed by atoms with van der Waals surface area (Å²) in [4.78, 5) is 34.7. The molecule has 2 aromatic carbocycles. The van der Waals surface area contributed by atoms with Gasteiger partial charge in [0.1, 0.15) is 12.4 Å². The van der Waals surface area contributed by atoms with Crippen molar-refractivity contribution in [1.82, 2.24) is 24.8 Å². The van der Waals surface area contributed by atoms with Crippen LogP contribution in [-0.4, -0.2) is 57.9 Å². The quantitative estimate of drug-likeness (QED) is 0.190. The standard InChI is InChI=1S/C41H52N6O5S/c1-26(2)52-33-22-42-35(43-23-33)24-47-32(21-41(5,6)7)25-51-38-28(4)37(36-27(3)13-11-16-30(36)19-29-14-9-8-10-15-29)44-40(45-38)46-53(49,50)34-18-12-17-31(20-34)39(47)48/h11-13,16-18,20,22-23,26,29,32H,8-10,14-15,19,21,24-25H2,1-7H3,(H,44,45,46)/t32-/m1/s1. The lowest BCUT2D eigenvalue weighted by Gasteiger charge is -2.35. The van der Waals surface area contributed by atoms with E-state index in [0.29, 0.717) is 35.2 Å². The van der Waals surface area contributed by atoms with Crippen LogP contribution in [0.15, 0.2) is 59.8 Å². The van der Waals surface area contributed by atoms with Gasteiger partial charge in [-0.3, -0.25) is 4.79 Å². The van der Waals surface area contributed by atoms with Crippen molar-refractivity contribution in [2.24, 2.45) is 11.3 Å². The Bertz CT molecular complexity index is 2040. The van der Waals surface area contributed by atoms with Crippen LogP contribution in [0.25, 0.3) is 11.3 Å². The molecule has 1 amide bonds. The SMILES string of the molecule is Cc1cccc(CC2CCCCC2)c1-c1nc2nc(c1C)OC[C@@H](CC(C)(C)C)N(Cc1ncc(OC(C)C)cn1)C(=O)c1cccc(c1)S(=O)(=O)N2. The van der Waals surface area contributed by atoms with E-state index in [1.165, 1.54) is 49.8 Å². The second-order valence-electron chi connectivity index (χ2n) is 15.9. The number of hydrogen-bond donors (Lipinski definition) is 1. The average molecular weight is 741 g/mol. The molecular weight excluding hydrogens is 689 g/mol. The first kappa shape index (κ1) is 38.2. The Balaban J connectivity index is 1.47. The van der Waals surface area contributed by atoms with Crippen LogP contribution in [0.5, 0.6) is 11.6 Å². The van der Waals surface area contributed by atoms with E-state index >= 15 is 0 Å². The molecule has 0 spiro atoms. The van der Waals surface area contributed by atoms with Crippen molar-refractivity contribution in [1.29, 1.82) is 0 Å². The third-order valence-electron chi connectivity index (χ3n) is 9.87. The number of rotatable bonds is 8. The van der Waals surface area contributed by atoms with Gasteiger partial charge in [-0.1, -0.05) is 77.1 Å². The third-order valence-corrected chi connectivity index (χ3v) is 11.2. The monoisotopic (exact) mass is 740 g/mol. The second-order valence-corrected chi connectivity index (χ2v) is 17.6. The molecule has 2 aromatic heterocycles. The summed E-state index contributed by atoms with van der Waals surface area (Å²) < 4.78 is 42.9. The fourth-order valence-corrected chi connectivity index (χ4v) is 8.41. The Morgan fingerprint density at radius 1 is 1.00 bits per heavy atom. The topological polar surface area (TPSA) is 136 Å². The van der Waals surface area contributed by atoms with Crippen molar-refractivity contribution in [2.75, 3.05) is 11.3 Å². The first-order valence-electron chi connectivity index (χ1n) is 18.7. The molecule has 6 rings (SSSR count). The number of aryl methyl sites for hydroxylation is 1. The fourth-order valence-electron chi connectivity index (χ4n) is 7.42. The number of nitrogens with zero attached hydrogens (tertiary/aromatic N) is 5. The van der Waals surface area contributed by atoms with E-state index < -0.39 is 16.1 Å². The van der Waals surface area contributed by atoms with Crippen LogP contribution in [-0.2, 0) is 23.0 Å². The summed E-state index contributed by atoms with van der Waals surface area (Å²) in [5.74, 6) is 1.32. The molecule has 282 valence electrons. The summed E-state index contributed by atoms with van der Waals surface area (Å²) in [7, 11) is -4.21. The molecule has 1 fully saturated rings. The van der Waals surface area contributed by atoms with E-state index in [2.05, 4.69) is 65.6 Å². The highest BCUT2D eigenvalue weighted by Crippen LogP contribution is 2.37. The largest absolute Gasteiger partial charge is 0.488 e. The molecule has 12 heteroatoms. The smallest absolute Gasteiger partial charge is 0.264 e. The predicted molar refractivity (Wildman–Crippen MR) is 205 cm³/mol. The lowest BCUT2D eigenvalue weighted by atomic mass is 9.82. The van der Waals surface area contributed by atoms with E-state index in [9.17, 15) is 13.2 Å². The van der Waals surface area contributed by atoms with Crippen molar-refractivity contribution in [3.8, 4) is 22.9 Å². The van der Waals surface area contributed by atoms with Crippen LogP contribution < -0.4 is 14.2 Å². The number of benzene rings is 2. The molecule has 53 heavy (non-hydrogen) atoms. The molecule has 2 aliphatic rings. The predicted octanol–water partition coefficient (Wildman–Crippen LogP) is 8.10. The molecule has 1 aliphatic heterocycles. The Morgan fingerprint density at radius 2 is 1.72 bits per heavy atom. The first-order valence-corrected chi connectivity index (χ1v) is 20.2. The third kappa shape index (κ3) is 9.33. The highest BCUT2D eigenvalue weighted by molar-refractivity contribution is 7.92. The molecule has 4 aromatic rings. The van der Waals surface area contributed by atoms with Crippen molar-refractivity contribution in [2.45, 2.75) is 117 Å². The molecule has 0 radical (unpaired) electrons. The highest BCUT2D eigenvalue weighted by Gasteiger charge is 2.33. The van der Waals surface area contributed by atoms with Gasteiger partial charge in [-0.05, 0) is 81.2 Å². The fraction of sp³-hybridized carbons (Fsp3) is 0.488. The lowest BCUT2D eigenvalue weighted by molar-refractivity contribution is 0.0504. The Hall–Kier alpha value is -4.58. The van der Waals surface area contributed by atoms with Gasteiger partial charge < -0.3 is 14.4 Å².